The summed E-state index contributed by atoms with van der Waals surface area (Å²) in [5.41, 5.74) is 7.02. The number of carboxylic acid groups (broad SMARTS) is 1. The lowest BCUT2D eigenvalue weighted by Crippen LogP contribution is -2.26. The first kappa shape index (κ1) is 15.2. The predicted octanol–water partition coefficient (Wildman–Crippen LogP) is 1.95. The number of benzene rings is 1. The zero-order chi connectivity index (χ0) is 15.2. The lowest BCUT2D eigenvalue weighted by atomic mass is 10.1. The van der Waals surface area contributed by atoms with Crippen LogP contribution in [-0.4, -0.2) is 25.8 Å². The van der Waals surface area contributed by atoms with Crippen molar-refractivity contribution in [3.8, 4) is 0 Å². The van der Waals surface area contributed by atoms with Crippen molar-refractivity contribution in [2.75, 3.05) is 0 Å². The number of hydrogen-bond donors (Lipinski definition) is 2. The Morgan fingerprint density at radius 2 is 2.10 bits per heavy atom. The minimum Gasteiger partial charge on any atom is -0.480 e. The van der Waals surface area contributed by atoms with Gasteiger partial charge in [-0.15, -0.1) is 10.2 Å². The Hall–Kier alpha value is -2.21. The van der Waals surface area contributed by atoms with Crippen LogP contribution in [0.25, 0.3) is 0 Å². The molecule has 2 rings (SSSR count). The average molecular weight is 288 g/mol. The van der Waals surface area contributed by atoms with Gasteiger partial charge in [0.15, 0.2) is 5.82 Å². The number of aliphatic carboxylic acids is 1. The van der Waals surface area contributed by atoms with E-state index < -0.39 is 12.0 Å². The highest BCUT2D eigenvalue weighted by molar-refractivity contribution is 5.72. The van der Waals surface area contributed by atoms with E-state index in [1.165, 1.54) is 6.33 Å². The average Bonchev–Trinajstić information content (AvgIpc) is 2.95. The van der Waals surface area contributed by atoms with E-state index in [9.17, 15) is 9.90 Å². The van der Waals surface area contributed by atoms with Crippen molar-refractivity contribution in [1.82, 2.24) is 14.8 Å². The molecule has 0 fully saturated rings. The summed E-state index contributed by atoms with van der Waals surface area (Å²) in [4.78, 5) is 11.6. The number of rotatable bonds is 7. The minimum atomic E-state index is -0.913. The van der Waals surface area contributed by atoms with Gasteiger partial charge < -0.3 is 15.4 Å². The number of carbonyl (C=O) groups is 1. The maximum absolute atomic E-state index is 11.6. The van der Waals surface area contributed by atoms with E-state index in [4.69, 9.17) is 5.73 Å². The van der Waals surface area contributed by atoms with Gasteiger partial charge in [0.2, 0.25) is 0 Å². The van der Waals surface area contributed by atoms with Crippen LogP contribution in [0.2, 0.25) is 0 Å². The van der Waals surface area contributed by atoms with Crippen LogP contribution in [-0.2, 0) is 11.2 Å². The molecule has 0 aliphatic rings. The Balaban J connectivity index is 2.27. The molecular weight excluding hydrogens is 268 g/mol. The Morgan fingerprint density at radius 3 is 2.71 bits per heavy atom. The summed E-state index contributed by atoms with van der Waals surface area (Å²) < 4.78 is 1.58. The smallest absolute Gasteiger partial charge is 0.327 e. The zero-order valence-electron chi connectivity index (χ0n) is 12.0. The normalized spacial score (nSPS) is 13.8. The first-order valence-corrected chi connectivity index (χ1v) is 7.05. The molecule has 6 heteroatoms. The van der Waals surface area contributed by atoms with Crippen molar-refractivity contribution in [1.29, 1.82) is 0 Å². The fourth-order valence-electron chi connectivity index (χ4n) is 2.34. The molecule has 0 amide bonds. The fraction of sp³-hybridized carbons (Fsp3) is 0.400. The van der Waals surface area contributed by atoms with Gasteiger partial charge in [-0.3, -0.25) is 0 Å². The highest BCUT2D eigenvalue weighted by atomic mass is 16.4. The van der Waals surface area contributed by atoms with Crippen LogP contribution in [0.15, 0.2) is 36.7 Å². The second-order valence-electron chi connectivity index (χ2n) is 5.04. The number of hydrogen-bond acceptors (Lipinski definition) is 4. The van der Waals surface area contributed by atoms with Crippen LogP contribution >= 0.6 is 0 Å². The lowest BCUT2D eigenvalue weighted by molar-refractivity contribution is -0.141. The van der Waals surface area contributed by atoms with Crippen LogP contribution in [0.5, 0.6) is 0 Å². The summed E-state index contributed by atoms with van der Waals surface area (Å²) in [6, 6.07) is 8.46. The molecule has 1 aromatic heterocycles. The molecular formula is C15H20N4O2. The summed E-state index contributed by atoms with van der Waals surface area (Å²) in [5, 5.41) is 17.4. The van der Waals surface area contributed by atoms with Gasteiger partial charge in [0.25, 0.3) is 0 Å². The molecule has 6 nitrogen and oxygen atoms in total. The van der Waals surface area contributed by atoms with Crippen molar-refractivity contribution >= 4 is 5.97 Å². The second kappa shape index (κ2) is 6.99. The summed E-state index contributed by atoms with van der Waals surface area (Å²) in [6.07, 6.45) is 3.48. The minimum absolute atomic E-state index is 0.296. The van der Waals surface area contributed by atoms with Gasteiger partial charge in [-0.25, -0.2) is 4.79 Å². The Kier molecular flexibility index (Phi) is 5.05. The SMILES string of the molecule is CCC[C@H](N)c1nncn1C(Cc1ccccc1)C(=O)O. The zero-order valence-corrected chi connectivity index (χ0v) is 12.0. The predicted molar refractivity (Wildman–Crippen MR) is 78.7 cm³/mol. The molecule has 0 aliphatic carbocycles. The van der Waals surface area contributed by atoms with Crippen molar-refractivity contribution in [2.45, 2.75) is 38.3 Å². The molecule has 21 heavy (non-hydrogen) atoms. The largest absolute Gasteiger partial charge is 0.480 e. The quantitative estimate of drug-likeness (QED) is 0.812. The van der Waals surface area contributed by atoms with Crippen LogP contribution in [0.4, 0.5) is 0 Å². The third-order valence-electron chi connectivity index (χ3n) is 3.42. The molecule has 0 bridgehead atoms. The summed E-state index contributed by atoms with van der Waals surface area (Å²) in [7, 11) is 0. The lowest BCUT2D eigenvalue weighted by Gasteiger charge is -2.18. The number of aromatic nitrogens is 3. The van der Waals surface area contributed by atoms with Crippen LogP contribution in [0.3, 0.4) is 0 Å². The maximum atomic E-state index is 11.6. The molecule has 2 aromatic rings. The Bertz CT molecular complexity index is 582. The second-order valence-corrected chi connectivity index (χ2v) is 5.04. The molecule has 0 radical (unpaired) electrons. The first-order chi connectivity index (χ1) is 10.1. The monoisotopic (exact) mass is 288 g/mol. The molecule has 0 saturated heterocycles. The third kappa shape index (κ3) is 3.66. The fourth-order valence-corrected chi connectivity index (χ4v) is 2.34. The summed E-state index contributed by atoms with van der Waals surface area (Å²) in [5.74, 6) is -0.385. The van der Waals surface area contributed by atoms with E-state index in [2.05, 4.69) is 10.2 Å². The number of nitrogens with two attached hydrogens (primary N) is 1. The molecule has 2 atom stereocenters. The number of carboxylic acids is 1. The van der Waals surface area contributed by atoms with Crippen molar-refractivity contribution in [3.63, 3.8) is 0 Å². The van der Waals surface area contributed by atoms with Gasteiger partial charge in [0, 0.05) is 6.42 Å². The highest BCUT2D eigenvalue weighted by Gasteiger charge is 2.25. The van der Waals surface area contributed by atoms with E-state index in [0.717, 1.165) is 18.4 Å². The third-order valence-corrected chi connectivity index (χ3v) is 3.42. The summed E-state index contributed by atoms with van der Waals surface area (Å²) in [6.45, 7) is 2.03. The molecule has 0 saturated carbocycles. The van der Waals surface area contributed by atoms with E-state index >= 15 is 0 Å². The number of nitrogens with zero attached hydrogens (tertiary/aromatic N) is 3. The van der Waals surface area contributed by atoms with E-state index in [1.807, 2.05) is 37.3 Å². The molecule has 0 spiro atoms. The van der Waals surface area contributed by atoms with E-state index in [1.54, 1.807) is 4.57 Å². The van der Waals surface area contributed by atoms with E-state index in [-0.39, 0.29) is 6.04 Å². The van der Waals surface area contributed by atoms with Crippen LogP contribution in [0.1, 0.15) is 43.2 Å². The molecule has 1 heterocycles. The molecule has 3 N–H and O–H groups in total. The molecule has 0 aliphatic heterocycles. The molecule has 1 unspecified atom stereocenters. The first-order valence-electron chi connectivity index (χ1n) is 7.05. The Morgan fingerprint density at radius 1 is 1.38 bits per heavy atom. The van der Waals surface area contributed by atoms with Crippen molar-refractivity contribution < 1.29 is 9.90 Å². The Labute approximate surface area is 123 Å². The molecule has 1 aromatic carbocycles. The van der Waals surface area contributed by atoms with Gasteiger partial charge in [-0.05, 0) is 12.0 Å². The van der Waals surface area contributed by atoms with Crippen molar-refractivity contribution in [2.24, 2.45) is 5.73 Å². The highest BCUT2D eigenvalue weighted by Crippen LogP contribution is 2.21. The van der Waals surface area contributed by atoms with Gasteiger partial charge in [-0.2, -0.15) is 0 Å². The summed E-state index contributed by atoms with van der Waals surface area (Å²) >= 11 is 0. The topological polar surface area (TPSA) is 94.0 Å². The van der Waals surface area contributed by atoms with Gasteiger partial charge in [-0.1, -0.05) is 43.7 Å². The van der Waals surface area contributed by atoms with Gasteiger partial charge >= 0.3 is 5.97 Å². The maximum Gasteiger partial charge on any atom is 0.327 e. The van der Waals surface area contributed by atoms with Gasteiger partial charge in [0.1, 0.15) is 12.4 Å². The van der Waals surface area contributed by atoms with Crippen LogP contribution < -0.4 is 5.73 Å². The molecule has 112 valence electrons. The van der Waals surface area contributed by atoms with Gasteiger partial charge in [0.05, 0.1) is 6.04 Å². The van der Waals surface area contributed by atoms with E-state index in [0.29, 0.717) is 12.2 Å². The van der Waals surface area contributed by atoms with Crippen LogP contribution in [0, 0.1) is 0 Å². The van der Waals surface area contributed by atoms with Crippen molar-refractivity contribution in [3.05, 3.63) is 48.0 Å². The standard InChI is InChI=1S/C15H20N4O2/c1-2-6-12(16)14-18-17-10-19(14)13(15(20)21)9-11-7-4-3-5-8-11/h3-5,7-8,10,12-13H,2,6,9,16H2,1H3,(H,20,21)/t12-,13?/m0/s1.